The van der Waals surface area contributed by atoms with Gasteiger partial charge in [0.2, 0.25) is 10.0 Å². The lowest BCUT2D eigenvalue weighted by Gasteiger charge is -2.10. The van der Waals surface area contributed by atoms with Gasteiger partial charge in [0.25, 0.3) is 0 Å². The number of nitrogens with one attached hydrogen (secondary N) is 2. The smallest absolute Gasteiger partial charge is 0.250 e. The summed E-state index contributed by atoms with van der Waals surface area (Å²) in [5.41, 5.74) is 0. The normalized spacial score (nSPS) is 20.7. The molecule has 2 heterocycles. The SMILES string of the molecule is Cl.O=S(=O)(NC1CCNC1)c1ccc(Br)s1. The summed E-state index contributed by atoms with van der Waals surface area (Å²) >= 11 is 4.48. The highest BCUT2D eigenvalue weighted by Crippen LogP contribution is 2.26. The van der Waals surface area contributed by atoms with Gasteiger partial charge in [-0.1, -0.05) is 0 Å². The van der Waals surface area contributed by atoms with E-state index >= 15 is 0 Å². The predicted octanol–water partition coefficient (Wildman–Crippen LogP) is 1.57. The van der Waals surface area contributed by atoms with Crippen molar-refractivity contribution in [1.82, 2.24) is 10.0 Å². The van der Waals surface area contributed by atoms with Gasteiger partial charge in [-0.3, -0.25) is 0 Å². The zero-order valence-corrected chi connectivity index (χ0v) is 12.3. The molecule has 8 heteroatoms. The van der Waals surface area contributed by atoms with Crippen LogP contribution in [0.1, 0.15) is 6.42 Å². The fourth-order valence-corrected chi connectivity index (χ4v) is 4.77. The van der Waals surface area contributed by atoms with Gasteiger partial charge in [0.1, 0.15) is 4.21 Å². The van der Waals surface area contributed by atoms with Crippen LogP contribution < -0.4 is 10.0 Å². The average Bonchev–Trinajstić information content (AvgIpc) is 2.75. The Balaban J connectivity index is 0.00000128. The van der Waals surface area contributed by atoms with Crippen LogP contribution in [0.4, 0.5) is 0 Å². The molecule has 1 saturated heterocycles. The molecule has 92 valence electrons. The molecule has 2 rings (SSSR count). The summed E-state index contributed by atoms with van der Waals surface area (Å²) in [7, 11) is -3.32. The molecule has 1 aromatic rings. The molecule has 1 atom stereocenters. The van der Waals surface area contributed by atoms with E-state index in [-0.39, 0.29) is 18.4 Å². The van der Waals surface area contributed by atoms with Crippen LogP contribution in [0.5, 0.6) is 0 Å². The van der Waals surface area contributed by atoms with Gasteiger partial charge in [0.05, 0.1) is 3.79 Å². The van der Waals surface area contributed by atoms with E-state index in [4.69, 9.17) is 0 Å². The van der Waals surface area contributed by atoms with E-state index in [1.807, 2.05) is 0 Å². The number of hydrogen-bond donors (Lipinski definition) is 2. The standard InChI is InChI=1S/C8H11BrN2O2S2.ClH/c9-7-1-2-8(14-7)15(12,13)11-6-3-4-10-5-6;/h1-2,6,10-11H,3-5H2;1H. The van der Waals surface area contributed by atoms with Gasteiger partial charge in [-0.2, -0.15) is 0 Å². The van der Waals surface area contributed by atoms with Crippen molar-refractivity contribution in [3.05, 3.63) is 15.9 Å². The molecule has 0 aromatic carbocycles. The topological polar surface area (TPSA) is 58.2 Å². The van der Waals surface area contributed by atoms with E-state index in [9.17, 15) is 8.42 Å². The van der Waals surface area contributed by atoms with Crippen molar-refractivity contribution in [3.63, 3.8) is 0 Å². The largest absolute Gasteiger partial charge is 0.315 e. The minimum absolute atomic E-state index is 0. The molecule has 0 spiro atoms. The molecule has 1 fully saturated rings. The Bertz CT molecular complexity index is 443. The van der Waals surface area contributed by atoms with Crippen LogP contribution in [0.15, 0.2) is 20.1 Å². The summed E-state index contributed by atoms with van der Waals surface area (Å²) in [6, 6.07) is 3.38. The van der Waals surface area contributed by atoms with Gasteiger partial charge in [0, 0.05) is 12.6 Å². The summed E-state index contributed by atoms with van der Waals surface area (Å²) in [6.07, 6.45) is 0.853. The summed E-state index contributed by atoms with van der Waals surface area (Å²) in [5, 5.41) is 3.12. The minimum Gasteiger partial charge on any atom is -0.315 e. The second kappa shape index (κ2) is 5.79. The zero-order valence-electron chi connectivity index (χ0n) is 8.27. The van der Waals surface area contributed by atoms with Gasteiger partial charge in [0.15, 0.2) is 0 Å². The minimum atomic E-state index is -3.32. The molecule has 1 unspecified atom stereocenters. The van der Waals surface area contributed by atoms with Crippen molar-refractivity contribution >= 4 is 49.7 Å². The third-order valence-corrected chi connectivity index (χ3v) is 5.83. The Morgan fingerprint density at radius 3 is 2.75 bits per heavy atom. The van der Waals surface area contributed by atoms with E-state index in [0.717, 1.165) is 16.8 Å². The molecular weight excluding hydrogens is 336 g/mol. The first-order valence-corrected chi connectivity index (χ1v) is 7.65. The highest BCUT2D eigenvalue weighted by Gasteiger charge is 2.23. The monoisotopic (exact) mass is 346 g/mol. The molecule has 0 amide bonds. The number of rotatable bonds is 3. The highest BCUT2D eigenvalue weighted by atomic mass is 79.9. The van der Waals surface area contributed by atoms with Crippen molar-refractivity contribution in [2.45, 2.75) is 16.7 Å². The third-order valence-electron chi connectivity index (χ3n) is 2.20. The molecule has 0 bridgehead atoms. The van der Waals surface area contributed by atoms with E-state index in [0.29, 0.717) is 10.8 Å². The highest BCUT2D eigenvalue weighted by molar-refractivity contribution is 9.11. The first-order valence-electron chi connectivity index (χ1n) is 4.56. The van der Waals surface area contributed by atoms with Crippen LogP contribution in [0.2, 0.25) is 0 Å². The molecule has 0 saturated carbocycles. The lowest BCUT2D eigenvalue weighted by atomic mass is 10.3. The van der Waals surface area contributed by atoms with Crippen LogP contribution in [0.3, 0.4) is 0 Å². The Morgan fingerprint density at radius 1 is 1.50 bits per heavy atom. The van der Waals surface area contributed by atoms with Crippen LogP contribution in [-0.2, 0) is 10.0 Å². The molecule has 4 nitrogen and oxygen atoms in total. The van der Waals surface area contributed by atoms with E-state index in [1.165, 1.54) is 11.3 Å². The summed E-state index contributed by atoms with van der Waals surface area (Å²) in [5.74, 6) is 0. The second-order valence-corrected chi connectivity index (χ2v) is 7.77. The average molecular weight is 348 g/mol. The Hall–Kier alpha value is 0.340. The van der Waals surface area contributed by atoms with Crippen molar-refractivity contribution in [2.75, 3.05) is 13.1 Å². The van der Waals surface area contributed by atoms with Crippen molar-refractivity contribution < 1.29 is 8.42 Å². The summed E-state index contributed by atoms with van der Waals surface area (Å²) in [4.78, 5) is 0. The lowest BCUT2D eigenvalue weighted by molar-refractivity contribution is 0.562. The fourth-order valence-electron chi connectivity index (χ4n) is 1.47. The predicted molar refractivity (Wildman–Crippen MR) is 70.9 cm³/mol. The molecule has 1 aromatic heterocycles. The Labute approximate surface area is 113 Å². The summed E-state index contributed by atoms with van der Waals surface area (Å²) < 4.78 is 27.6. The van der Waals surface area contributed by atoms with Gasteiger partial charge in [-0.25, -0.2) is 13.1 Å². The fraction of sp³-hybridized carbons (Fsp3) is 0.500. The van der Waals surface area contributed by atoms with E-state index in [2.05, 4.69) is 26.0 Å². The first kappa shape index (κ1) is 14.4. The van der Waals surface area contributed by atoms with Crippen LogP contribution >= 0.6 is 39.7 Å². The number of thiophene rings is 1. The molecule has 1 aliphatic rings. The van der Waals surface area contributed by atoms with Crippen molar-refractivity contribution in [1.29, 1.82) is 0 Å². The van der Waals surface area contributed by atoms with Gasteiger partial charge < -0.3 is 5.32 Å². The van der Waals surface area contributed by atoms with Gasteiger partial charge >= 0.3 is 0 Å². The first-order chi connectivity index (χ1) is 7.08. The number of halogens is 2. The molecule has 0 radical (unpaired) electrons. The molecular formula is C8H12BrClN2O2S2. The van der Waals surface area contributed by atoms with E-state index in [1.54, 1.807) is 12.1 Å². The van der Waals surface area contributed by atoms with Gasteiger partial charge in [-0.05, 0) is 41.0 Å². The molecule has 0 aliphatic carbocycles. The Morgan fingerprint density at radius 2 is 2.25 bits per heavy atom. The second-order valence-electron chi connectivity index (χ2n) is 3.37. The number of sulfonamides is 1. The molecule has 16 heavy (non-hydrogen) atoms. The molecule has 1 aliphatic heterocycles. The third kappa shape index (κ3) is 3.41. The maximum atomic E-state index is 11.9. The summed E-state index contributed by atoms with van der Waals surface area (Å²) in [6.45, 7) is 1.59. The van der Waals surface area contributed by atoms with E-state index < -0.39 is 10.0 Å². The van der Waals surface area contributed by atoms with Gasteiger partial charge in [-0.15, -0.1) is 23.7 Å². The number of hydrogen-bond acceptors (Lipinski definition) is 4. The van der Waals surface area contributed by atoms with Crippen molar-refractivity contribution in [2.24, 2.45) is 0 Å². The zero-order chi connectivity index (χ0) is 10.9. The van der Waals surface area contributed by atoms with Crippen molar-refractivity contribution in [3.8, 4) is 0 Å². The Kier molecular flexibility index (Phi) is 5.21. The quantitative estimate of drug-likeness (QED) is 0.872. The molecule has 2 N–H and O–H groups in total. The maximum absolute atomic E-state index is 11.9. The van der Waals surface area contributed by atoms with Crippen LogP contribution in [-0.4, -0.2) is 27.5 Å². The van der Waals surface area contributed by atoms with Crippen LogP contribution in [0.25, 0.3) is 0 Å². The maximum Gasteiger partial charge on any atom is 0.250 e. The lowest BCUT2D eigenvalue weighted by Crippen LogP contribution is -2.35. The van der Waals surface area contributed by atoms with Crippen LogP contribution in [0, 0.1) is 0 Å².